The van der Waals surface area contributed by atoms with Crippen molar-refractivity contribution in [1.29, 1.82) is 0 Å². The van der Waals surface area contributed by atoms with Crippen LogP contribution in [0.4, 0.5) is 5.69 Å². The molecule has 5 nitrogen and oxygen atoms in total. The van der Waals surface area contributed by atoms with Crippen molar-refractivity contribution in [2.24, 2.45) is 5.92 Å². The van der Waals surface area contributed by atoms with Crippen LogP contribution in [0.1, 0.15) is 31.2 Å². The molecule has 1 saturated carbocycles. The number of benzene rings is 1. The Morgan fingerprint density at radius 2 is 2.10 bits per heavy atom. The van der Waals surface area contributed by atoms with Gasteiger partial charge in [-0.1, -0.05) is 18.2 Å². The van der Waals surface area contributed by atoms with Gasteiger partial charge in [0, 0.05) is 12.2 Å². The average Bonchev–Trinajstić information content (AvgIpc) is 2.43. The first-order valence-electron chi connectivity index (χ1n) is 7.44. The van der Waals surface area contributed by atoms with Gasteiger partial charge >= 0.3 is 5.97 Å². The van der Waals surface area contributed by atoms with Crippen LogP contribution >= 0.6 is 0 Å². The maximum atomic E-state index is 12.5. The molecule has 3 N–H and O–H groups in total. The summed E-state index contributed by atoms with van der Waals surface area (Å²) >= 11 is 0. The van der Waals surface area contributed by atoms with Crippen molar-refractivity contribution in [3.8, 4) is 0 Å². The summed E-state index contributed by atoms with van der Waals surface area (Å²) in [5.41, 5.74) is 1.72. The van der Waals surface area contributed by atoms with Crippen LogP contribution < -0.4 is 10.6 Å². The highest BCUT2D eigenvalue weighted by Gasteiger charge is 2.41. The molecule has 5 heteroatoms. The Morgan fingerprint density at radius 3 is 2.76 bits per heavy atom. The Morgan fingerprint density at radius 1 is 1.33 bits per heavy atom. The second-order valence-corrected chi connectivity index (χ2v) is 6.13. The van der Waals surface area contributed by atoms with E-state index >= 15 is 0 Å². The van der Waals surface area contributed by atoms with Gasteiger partial charge in [0.05, 0.1) is 17.9 Å². The largest absolute Gasteiger partial charge is 0.481 e. The fourth-order valence-electron chi connectivity index (χ4n) is 3.23. The van der Waals surface area contributed by atoms with Crippen LogP contribution in [0, 0.1) is 5.92 Å². The summed E-state index contributed by atoms with van der Waals surface area (Å²) < 4.78 is 0. The van der Waals surface area contributed by atoms with Gasteiger partial charge in [-0.3, -0.25) is 9.59 Å². The Hall–Kier alpha value is -2.04. The lowest BCUT2D eigenvalue weighted by atomic mass is 9.74. The van der Waals surface area contributed by atoms with E-state index in [1.807, 2.05) is 24.3 Å². The third-order valence-corrected chi connectivity index (χ3v) is 4.58. The predicted octanol–water partition coefficient (Wildman–Crippen LogP) is 1.78. The number of amides is 1. The minimum atomic E-state index is -0.845. The number of aliphatic carboxylic acids is 1. The Balaban J connectivity index is 1.65. The second-order valence-electron chi connectivity index (χ2n) is 6.13. The van der Waals surface area contributed by atoms with Crippen molar-refractivity contribution in [2.45, 2.75) is 37.6 Å². The molecule has 3 rings (SSSR count). The van der Waals surface area contributed by atoms with Gasteiger partial charge in [0.2, 0.25) is 5.91 Å². The number of para-hydroxylation sites is 1. The molecule has 0 radical (unpaired) electrons. The molecule has 1 unspecified atom stereocenters. The molecule has 1 aromatic carbocycles. The number of hydrogen-bond acceptors (Lipinski definition) is 3. The minimum Gasteiger partial charge on any atom is -0.481 e. The summed E-state index contributed by atoms with van der Waals surface area (Å²) in [7, 11) is 0. The van der Waals surface area contributed by atoms with E-state index in [2.05, 4.69) is 10.6 Å². The first-order valence-corrected chi connectivity index (χ1v) is 7.44. The minimum absolute atomic E-state index is 0.0233. The molecule has 1 aromatic rings. The van der Waals surface area contributed by atoms with Gasteiger partial charge in [0.1, 0.15) is 0 Å². The number of nitrogens with one attached hydrogen (secondary N) is 2. The quantitative estimate of drug-likeness (QED) is 0.789. The zero-order valence-electron chi connectivity index (χ0n) is 11.9. The number of hydrogen-bond donors (Lipinski definition) is 3. The number of fused-ring (bicyclic) bond motifs is 1. The molecule has 1 heterocycles. The summed E-state index contributed by atoms with van der Waals surface area (Å²) in [5, 5.41) is 15.3. The number of carboxylic acid groups (broad SMARTS) is 1. The summed E-state index contributed by atoms with van der Waals surface area (Å²) in [5.74, 6) is -1.01. The van der Waals surface area contributed by atoms with Crippen molar-refractivity contribution in [3.63, 3.8) is 0 Å². The average molecular weight is 288 g/mol. The molecule has 1 aliphatic carbocycles. The Labute approximate surface area is 123 Å². The first-order chi connectivity index (χ1) is 10.1. The molecule has 0 aromatic heterocycles. The molecular weight excluding hydrogens is 268 g/mol. The van der Waals surface area contributed by atoms with Crippen LogP contribution in [-0.2, 0) is 16.0 Å². The normalized spacial score (nSPS) is 22.4. The monoisotopic (exact) mass is 288 g/mol. The van der Waals surface area contributed by atoms with E-state index in [0.717, 1.165) is 30.5 Å². The standard InChI is InChI=1S/C16H20N2O3/c19-14(20)9-16(6-3-7-16)18-15(21)12-8-11-4-1-2-5-13(11)17-10-12/h1-2,4-5,12,17H,3,6-10H2,(H,18,21)(H,19,20). The predicted molar refractivity (Wildman–Crippen MR) is 79.1 cm³/mol. The van der Waals surface area contributed by atoms with E-state index in [4.69, 9.17) is 5.11 Å². The van der Waals surface area contributed by atoms with Crippen LogP contribution in [0.25, 0.3) is 0 Å². The van der Waals surface area contributed by atoms with Gasteiger partial charge in [-0.2, -0.15) is 0 Å². The molecule has 1 amide bonds. The number of carboxylic acids is 1. The number of carbonyl (C=O) groups excluding carboxylic acids is 1. The molecule has 0 bridgehead atoms. The van der Waals surface area contributed by atoms with Crippen molar-refractivity contribution < 1.29 is 14.7 Å². The lowest BCUT2D eigenvalue weighted by molar-refractivity contribution is -0.140. The summed E-state index contributed by atoms with van der Waals surface area (Å²) in [6.45, 7) is 0.603. The Kier molecular flexibility index (Phi) is 3.57. The molecule has 1 aliphatic heterocycles. The first kappa shape index (κ1) is 13.9. The van der Waals surface area contributed by atoms with Gasteiger partial charge < -0.3 is 15.7 Å². The van der Waals surface area contributed by atoms with Gasteiger partial charge in [-0.15, -0.1) is 0 Å². The summed E-state index contributed by atoms with van der Waals surface area (Å²) in [6, 6.07) is 7.99. The van der Waals surface area contributed by atoms with E-state index in [-0.39, 0.29) is 18.2 Å². The third kappa shape index (κ3) is 2.86. The van der Waals surface area contributed by atoms with Crippen LogP contribution in [0.2, 0.25) is 0 Å². The molecule has 1 fully saturated rings. The van der Waals surface area contributed by atoms with Crippen LogP contribution in [0.15, 0.2) is 24.3 Å². The van der Waals surface area contributed by atoms with Crippen LogP contribution in [-0.4, -0.2) is 29.1 Å². The maximum absolute atomic E-state index is 12.5. The number of rotatable bonds is 4. The molecule has 1 atom stereocenters. The smallest absolute Gasteiger partial charge is 0.305 e. The summed E-state index contributed by atoms with van der Waals surface area (Å²) in [4.78, 5) is 23.4. The van der Waals surface area contributed by atoms with E-state index in [0.29, 0.717) is 13.0 Å². The molecular formula is C16H20N2O3. The van der Waals surface area contributed by atoms with Crippen molar-refractivity contribution in [3.05, 3.63) is 29.8 Å². The highest BCUT2D eigenvalue weighted by Crippen LogP contribution is 2.35. The lowest BCUT2D eigenvalue weighted by Crippen LogP contribution is -2.57. The fraction of sp³-hybridized carbons (Fsp3) is 0.500. The fourth-order valence-corrected chi connectivity index (χ4v) is 3.23. The molecule has 112 valence electrons. The zero-order chi connectivity index (χ0) is 14.9. The molecule has 0 saturated heterocycles. The summed E-state index contributed by atoms with van der Waals surface area (Å²) in [6.07, 6.45) is 3.25. The van der Waals surface area contributed by atoms with Gasteiger partial charge in [0.25, 0.3) is 0 Å². The third-order valence-electron chi connectivity index (χ3n) is 4.58. The van der Waals surface area contributed by atoms with Crippen LogP contribution in [0.5, 0.6) is 0 Å². The highest BCUT2D eigenvalue weighted by atomic mass is 16.4. The van der Waals surface area contributed by atoms with Gasteiger partial charge in [-0.05, 0) is 37.3 Å². The molecule has 2 aliphatic rings. The SMILES string of the molecule is O=C(O)CC1(NC(=O)C2CNc3ccccc3C2)CCC1. The van der Waals surface area contributed by atoms with E-state index in [1.165, 1.54) is 0 Å². The van der Waals surface area contributed by atoms with Crippen molar-refractivity contribution in [2.75, 3.05) is 11.9 Å². The van der Waals surface area contributed by atoms with Gasteiger partial charge in [-0.25, -0.2) is 0 Å². The van der Waals surface area contributed by atoms with Crippen molar-refractivity contribution in [1.82, 2.24) is 5.32 Å². The van der Waals surface area contributed by atoms with E-state index < -0.39 is 11.5 Å². The Bertz CT molecular complexity index is 566. The van der Waals surface area contributed by atoms with Crippen LogP contribution in [0.3, 0.4) is 0 Å². The van der Waals surface area contributed by atoms with E-state index in [1.54, 1.807) is 0 Å². The number of anilines is 1. The lowest BCUT2D eigenvalue weighted by Gasteiger charge is -2.42. The molecule has 0 spiro atoms. The molecule has 21 heavy (non-hydrogen) atoms. The second kappa shape index (κ2) is 5.39. The van der Waals surface area contributed by atoms with Gasteiger partial charge in [0.15, 0.2) is 0 Å². The highest BCUT2D eigenvalue weighted by molar-refractivity contribution is 5.82. The van der Waals surface area contributed by atoms with E-state index in [9.17, 15) is 9.59 Å². The number of carbonyl (C=O) groups is 2. The van der Waals surface area contributed by atoms with Crippen molar-refractivity contribution >= 4 is 17.6 Å². The topological polar surface area (TPSA) is 78.4 Å². The zero-order valence-corrected chi connectivity index (χ0v) is 11.9. The maximum Gasteiger partial charge on any atom is 0.305 e.